The molecule has 2 rings (SSSR count). The summed E-state index contributed by atoms with van der Waals surface area (Å²) in [6, 6.07) is 0.448. The molecule has 1 unspecified atom stereocenters. The second-order valence-electron chi connectivity index (χ2n) is 3.86. The van der Waals surface area contributed by atoms with Crippen LogP contribution in [-0.4, -0.2) is 27.3 Å². The van der Waals surface area contributed by atoms with E-state index in [4.69, 9.17) is 0 Å². The average molecular weight is 304 g/mol. The highest BCUT2D eigenvalue weighted by Gasteiger charge is 2.15. The predicted molar refractivity (Wildman–Crippen MR) is 71.1 cm³/mol. The van der Waals surface area contributed by atoms with E-state index < -0.39 is 0 Å². The van der Waals surface area contributed by atoms with E-state index in [2.05, 4.69) is 26.3 Å². The molecule has 0 saturated carbocycles. The molecule has 1 N–H and O–H groups in total. The summed E-state index contributed by atoms with van der Waals surface area (Å²) in [7, 11) is 1.65. The molecule has 0 radical (unpaired) electrons. The number of thioether (sulfide) groups is 1. The number of rotatable bonds is 2. The van der Waals surface area contributed by atoms with Gasteiger partial charge in [0.25, 0.3) is 5.56 Å². The molecule has 1 aliphatic rings. The van der Waals surface area contributed by atoms with Crippen LogP contribution < -0.4 is 10.9 Å². The number of nitrogens with zero attached hydrogens (tertiary/aromatic N) is 2. The van der Waals surface area contributed by atoms with Gasteiger partial charge in [0.15, 0.2) is 0 Å². The van der Waals surface area contributed by atoms with Gasteiger partial charge >= 0.3 is 0 Å². The lowest BCUT2D eigenvalue weighted by Gasteiger charge is -2.23. The van der Waals surface area contributed by atoms with Crippen molar-refractivity contribution in [2.45, 2.75) is 18.9 Å². The van der Waals surface area contributed by atoms with Crippen molar-refractivity contribution in [1.29, 1.82) is 0 Å². The Bertz CT molecular complexity index is 429. The van der Waals surface area contributed by atoms with Gasteiger partial charge in [-0.25, -0.2) is 4.68 Å². The molecule has 0 spiro atoms. The van der Waals surface area contributed by atoms with Crippen molar-refractivity contribution < 1.29 is 0 Å². The summed E-state index contributed by atoms with van der Waals surface area (Å²) in [5.41, 5.74) is 0.698. The Morgan fingerprint density at radius 2 is 2.50 bits per heavy atom. The van der Waals surface area contributed by atoms with Crippen LogP contribution in [0.5, 0.6) is 0 Å². The SMILES string of the molecule is Cn1ncc(NC2CCCSC2)c(Br)c1=O. The molecule has 0 amide bonds. The molecule has 1 fully saturated rings. The van der Waals surface area contributed by atoms with Gasteiger partial charge in [-0.3, -0.25) is 4.79 Å². The molecule has 0 bridgehead atoms. The molecule has 2 heterocycles. The maximum atomic E-state index is 11.6. The largest absolute Gasteiger partial charge is 0.379 e. The van der Waals surface area contributed by atoms with Gasteiger partial charge < -0.3 is 5.32 Å². The molecular formula is C10H14BrN3OS. The van der Waals surface area contributed by atoms with Gasteiger partial charge in [-0.05, 0) is 34.5 Å². The fraction of sp³-hybridized carbons (Fsp3) is 0.600. The summed E-state index contributed by atoms with van der Waals surface area (Å²) in [5, 5.41) is 7.38. The molecular weight excluding hydrogens is 290 g/mol. The summed E-state index contributed by atoms with van der Waals surface area (Å²) in [6.45, 7) is 0. The molecule has 1 atom stereocenters. The second kappa shape index (κ2) is 5.23. The third-order valence-corrected chi connectivity index (χ3v) is 4.58. The van der Waals surface area contributed by atoms with E-state index in [1.807, 2.05) is 11.8 Å². The van der Waals surface area contributed by atoms with Crippen molar-refractivity contribution in [3.63, 3.8) is 0 Å². The molecule has 1 aromatic heterocycles. The highest BCUT2D eigenvalue weighted by molar-refractivity contribution is 9.10. The summed E-state index contributed by atoms with van der Waals surface area (Å²) >= 11 is 5.27. The Morgan fingerprint density at radius 3 is 3.19 bits per heavy atom. The first-order chi connectivity index (χ1) is 7.68. The zero-order valence-corrected chi connectivity index (χ0v) is 11.5. The highest BCUT2D eigenvalue weighted by Crippen LogP contribution is 2.23. The Kier molecular flexibility index (Phi) is 3.91. The van der Waals surface area contributed by atoms with Crippen LogP contribution >= 0.6 is 27.7 Å². The number of aryl methyl sites for hydroxylation is 1. The number of aromatic nitrogens is 2. The Hall–Kier alpha value is -0.490. The maximum Gasteiger partial charge on any atom is 0.282 e. The van der Waals surface area contributed by atoms with E-state index in [0.717, 1.165) is 17.9 Å². The normalized spacial score (nSPS) is 20.8. The van der Waals surface area contributed by atoms with Crippen LogP contribution in [0.2, 0.25) is 0 Å². The topological polar surface area (TPSA) is 46.9 Å². The van der Waals surface area contributed by atoms with Crippen LogP contribution in [0, 0.1) is 0 Å². The molecule has 0 aliphatic carbocycles. The summed E-state index contributed by atoms with van der Waals surface area (Å²) in [5.74, 6) is 2.34. The minimum atomic E-state index is -0.103. The minimum absolute atomic E-state index is 0.103. The van der Waals surface area contributed by atoms with Gasteiger partial charge in [-0.15, -0.1) is 0 Å². The van der Waals surface area contributed by atoms with Gasteiger partial charge in [0.1, 0.15) is 4.47 Å². The molecule has 88 valence electrons. The van der Waals surface area contributed by atoms with Crippen molar-refractivity contribution in [3.05, 3.63) is 21.0 Å². The van der Waals surface area contributed by atoms with Crippen molar-refractivity contribution in [2.75, 3.05) is 16.8 Å². The average Bonchev–Trinajstić information content (AvgIpc) is 2.31. The first-order valence-corrected chi connectivity index (χ1v) is 7.19. The fourth-order valence-corrected chi connectivity index (χ4v) is 3.23. The molecule has 6 heteroatoms. The highest BCUT2D eigenvalue weighted by atomic mass is 79.9. The molecule has 0 aromatic carbocycles. The number of nitrogens with one attached hydrogen (secondary N) is 1. The van der Waals surface area contributed by atoms with E-state index in [-0.39, 0.29) is 5.56 Å². The third-order valence-electron chi connectivity index (χ3n) is 2.60. The van der Waals surface area contributed by atoms with E-state index >= 15 is 0 Å². The Balaban J connectivity index is 2.15. The maximum absolute atomic E-state index is 11.6. The zero-order chi connectivity index (χ0) is 11.5. The van der Waals surface area contributed by atoms with Gasteiger partial charge in [-0.2, -0.15) is 16.9 Å². The van der Waals surface area contributed by atoms with Gasteiger partial charge in [0, 0.05) is 18.8 Å². The van der Waals surface area contributed by atoms with Crippen LogP contribution in [0.3, 0.4) is 0 Å². The van der Waals surface area contributed by atoms with Crippen molar-refractivity contribution in [2.24, 2.45) is 7.05 Å². The van der Waals surface area contributed by atoms with Crippen LogP contribution in [-0.2, 0) is 7.05 Å². The molecule has 1 aromatic rings. The Morgan fingerprint density at radius 1 is 1.69 bits per heavy atom. The first kappa shape index (κ1) is 12.0. The summed E-state index contributed by atoms with van der Waals surface area (Å²) < 4.78 is 1.89. The third kappa shape index (κ3) is 2.60. The lowest BCUT2D eigenvalue weighted by Crippen LogP contribution is -2.28. The summed E-state index contributed by atoms with van der Waals surface area (Å²) in [4.78, 5) is 11.6. The first-order valence-electron chi connectivity index (χ1n) is 5.24. The summed E-state index contributed by atoms with van der Waals surface area (Å²) in [6.07, 6.45) is 4.09. The molecule has 4 nitrogen and oxygen atoms in total. The van der Waals surface area contributed by atoms with Crippen LogP contribution in [0.25, 0.3) is 0 Å². The van der Waals surface area contributed by atoms with Crippen LogP contribution in [0.15, 0.2) is 15.5 Å². The molecule has 16 heavy (non-hydrogen) atoms. The van der Waals surface area contributed by atoms with E-state index in [1.165, 1.54) is 16.9 Å². The zero-order valence-electron chi connectivity index (χ0n) is 9.07. The Labute approximate surface area is 107 Å². The molecule has 1 saturated heterocycles. The fourth-order valence-electron chi connectivity index (χ4n) is 1.69. The van der Waals surface area contributed by atoms with Crippen LogP contribution in [0.4, 0.5) is 5.69 Å². The lowest BCUT2D eigenvalue weighted by atomic mass is 10.2. The van der Waals surface area contributed by atoms with E-state index in [0.29, 0.717) is 10.5 Å². The van der Waals surface area contributed by atoms with Crippen LogP contribution in [0.1, 0.15) is 12.8 Å². The van der Waals surface area contributed by atoms with E-state index in [1.54, 1.807) is 13.2 Å². The van der Waals surface area contributed by atoms with Crippen molar-refractivity contribution >= 4 is 33.4 Å². The van der Waals surface area contributed by atoms with Gasteiger partial charge in [0.2, 0.25) is 0 Å². The second-order valence-corrected chi connectivity index (χ2v) is 5.80. The van der Waals surface area contributed by atoms with Gasteiger partial charge in [0.05, 0.1) is 11.9 Å². The predicted octanol–water partition coefficient (Wildman–Crippen LogP) is 1.85. The number of hydrogen-bond acceptors (Lipinski definition) is 4. The number of hydrogen-bond donors (Lipinski definition) is 1. The quantitative estimate of drug-likeness (QED) is 0.906. The van der Waals surface area contributed by atoms with Crippen molar-refractivity contribution in [1.82, 2.24) is 9.78 Å². The standard InChI is InChI=1S/C10H14BrN3OS/c1-14-10(15)9(11)8(5-12-14)13-7-3-2-4-16-6-7/h5,7,13H,2-4,6H2,1H3. The lowest BCUT2D eigenvalue weighted by molar-refractivity contribution is 0.673. The van der Waals surface area contributed by atoms with E-state index in [9.17, 15) is 4.79 Å². The molecule has 1 aliphatic heterocycles. The number of anilines is 1. The van der Waals surface area contributed by atoms with Gasteiger partial charge in [-0.1, -0.05) is 0 Å². The smallest absolute Gasteiger partial charge is 0.282 e. The number of halogens is 1. The minimum Gasteiger partial charge on any atom is -0.379 e. The monoisotopic (exact) mass is 303 g/mol. The van der Waals surface area contributed by atoms with Crippen molar-refractivity contribution in [3.8, 4) is 0 Å².